The second-order valence-electron chi connectivity index (χ2n) is 7.46. The molecule has 1 amide bonds. The highest BCUT2D eigenvalue weighted by Gasteiger charge is 2.23. The van der Waals surface area contributed by atoms with Crippen LogP contribution in [0.3, 0.4) is 0 Å². The van der Waals surface area contributed by atoms with Crippen molar-refractivity contribution >= 4 is 22.5 Å². The average Bonchev–Trinajstić information content (AvgIpc) is 3.22. The number of carbonyl (C=O) groups excluding carboxylic acids is 1. The van der Waals surface area contributed by atoms with E-state index in [-0.39, 0.29) is 23.8 Å². The predicted molar refractivity (Wildman–Crippen MR) is 119 cm³/mol. The molecule has 0 saturated heterocycles. The number of carbonyl (C=O) groups is 1. The molecule has 0 aliphatic rings. The van der Waals surface area contributed by atoms with Gasteiger partial charge in [-0.2, -0.15) is 0 Å². The van der Waals surface area contributed by atoms with Gasteiger partial charge in [-0.3, -0.25) is 19.9 Å². The molecule has 1 unspecified atom stereocenters. The molecule has 0 bridgehead atoms. The van der Waals surface area contributed by atoms with Gasteiger partial charge in [0.2, 0.25) is 5.91 Å². The molecule has 0 aliphatic heterocycles. The van der Waals surface area contributed by atoms with E-state index < -0.39 is 10.8 Å². The zero-order chi connectivity index (χ0) is 22.5. The third-order valence-electron chi connectivity index (χ3n) is 5.37. The summed E-state index contributed by atoms with van der Waals surface area (Å²) < 4.78 is 13.5. The second kappa shape index (κ2) is 9.38. The number of nitro benzene ring substituents is 1. The van der Waals surface area contributed by atoms with Crippen LogP contribution in [-0.2, 0) is 11.2 Å². The molecule has 4 aromatic rings. The van der Waals surface area contributed by atoms with Crippen LogP contribution in [0.1, 0.15) is 29.2 Å². The Morgan fingerprint density at radius 1 is 1.16 bits per heavy atom. The topological polar surface area (TPSA) is 101 Å². The molecular weight excluding hydrogens is 411 g/mol. The van der Waals surface area contributed by atoms with Crippen molar-refractivity contribution in [3.63, 3.8) is 0 Å². The highest BCUT2D eigenvalue weighted by molar-refractivity contribution is 5.87. The van der Waals surface area contributed by atoms with Crippen LogP contribution in [0.4, 0.5) is 10.1 Å². The molecule has 0 spiro atoms. The number of aromatic nitrogens is 2. The Bertz CT molecular complexity index is 1240. The Kier molecular flexibility index (Phi) is 6.21. The standard InChI is InChI=1S/C24H21FN4O3/c25-17-6-4-16(5-7-17)20(14-24(30)27-12-10-18-3-1-2-11-26-18)22-15-28-23-9-8-19(29(31)32)13-21(22)23/h1-9,11,13,15,20,28H,10,12,14H2,(H,27,30). The predicted octanol–water partition coefficient (Wildman–Crippen LogP) is 4.49. The van der Waals surface area contributed by atoms with Gasteiger partial charge in [-0.05, 0) is 41.5 Å². The Balaban J connectivity index is 1.59. The lowest BCUT2D eigenvalue weighted by atomic mass is 9.88. The smallest absolute Gasteiger partial charge is 0.270 e. The summed E-state index contributed by atoms with van der Waals surface area (Å²) in [5, 5.41) is 14.8. The average molecular weight is 432 g/mol. The molecule has 0 aliphatic carbocycles. The summed E-state index contributed by atoms with van der Waals surface area (Å²) >= 11 is 0. The van der Waals surface area contributed by atoms with E-state index in [0.717, 1.165) is 22.3 Å². The lowest BCUT2D eigenvalue weighted by Crippen LogP contribution is -2.27. The van der Waals surface area contributed by atoms with E-state index in [1.54, 1.807) is 30.6 Å². The first-order chi connectivity index (χ1) is 15.5. The fourth-order valence-corrected chi connectivity index (χ4v) is 3.77. The second-order valence-corrected chi connectivity index (χ2v) is 7.46. The van der Waals surface area contributed by atoms with Crippen molar-refractivity contribution in [1.29, 1.82) is 0 Å². The lowest BCUT2D eigenvalue weighted by Gasteiger charge is -2.17. The van der Waals surface area contributed by atoms with E-state index >= 15 is 0 Å². The Morgan fingerprint density at radius 2 is 1.97 bits per heavy atom. The summed E-state index contributed by atoms with van der Waals surface area (Å²) in [7, 11) is 0. The van der Waals surface area contributed by atoms with Crippen molar-refractivity contribution in [3.8, 4) is 0 Å². The quantitative estimate of drug-likeness (QED) is 0.316. The minimum absolute atomic E-state index is 0.0315. The summed E-state index contributed by atoms with van der Waals surface area (Å²) in [5.41, 5.74) is 3.07. The first-order valence-electron chi connectivity index (χ1n) is 10.2. The molecule has 7 nitrogen and oxygen atoms in total. The van der Waals surface area contributed by atoms with Crippen molar-refractivity contribution in [2.75, 3.05) is 6.54 Å². The number of nitro groups is 1. The van der Waals surface area contributed by atoms with Gasteiger partial charge in [0.05, 0.1) is 4.92 Å². The Labute approximate surface area is 183 Å². The van der Waals surface area contributed by atoms with Gasteiger partial charge in [0.1, 0.15) is 5.82 Å². The van der Waals surface area contributed by atoms with Gasteiger partial charge < -0.3 is 10.3 Å². The fourth-order valence-electron chi connectivity index (χ4n) is 3.77. The van der Waals surface area contributed by atoms with Gasteiger partial charge in [-0.25, -0.2) is 4.39 Å². The number of amides is 1. The number of benzene rings is 2. The first kappa shape index (κ1) is 21.2. The number of pyridine rings is 1. The van der Waals surface area contributed by atoms with Crippen LogP contribution in [0.15, 0.2) is 73.1 Å². The number of aromatic amines is 1. The van der Waals surface area contributed by atoms with Crippen LogP contribution in [0.2, 0.25) is 0 Å². The summed E-state index contributed by atoms with van der Waals surface area (Å²) in [6, 6.07) is 16.2. The van der Waals surface area contributed by atoms with E-state index in [9.17, 15) is 19.3 Å². The van der Waals surface area contributed by atoms with Gasteiger partial charge in [-0.1, -0.05) is 18.2 Å². The normalized spacial score (nSPS) is 11.9. The number of non-ortho nitro benzene ring substituents is 1. The van der Waals surface area contributed by atoms with Crippen molar-refractivity contribution < 1.29 is 14.1 Å². The van der Waals surface area contributed by atoms with Crippen molar-refractivity contribution in [3.05, 3.63) is 106 Å². The van der Waals surface area contributed by atoms with Crippen LogP contribution in [0, 0.1) is 15.9 Å². The van der Waals surface area contributed by atoms with E-state index in [1.165, 1.54) is 24.3 Å². The first-order valence-corrected chi connectivity index (χ1v) is 10.2. The van der Waals surface area contributed by atoms with Crippen LogP contribution in [0.25, 0.3) is 10.9 Å². The molecule has 0 fully saturated rings. The molecule has 4 rings (SSSR count). The molecule has 162 valence electrons. The number of hydrogen-bond donors (Lipinski definition) is 2. The maximum absolute atomic E-state index is 13.5. The monoisotopic (exact) mass is 432 g/mol. The fraction of sp³-hybridized carbons (Fsp3) is 0.167. The minimum Gasteiger partial charge on any atom is -0.361 e. The SMILES string of the molecule is O=C(CC(c1ccc(F)cc1)c1c[nH]c2ccc([N+](=O)[O-])cc12)NCCc1ccccn1. The van der Waals surface area contributed by atoms with Crippen LogP contribution >= 0.6 is 0 Å². The molecule has 8 heteroatoms. The number of nitrogens with one attached hydrogen (secondary N) is 2. The number of hydrogen-bond acceptors (Lipinski definition) is 4. The van der Waals surface area contributed by atoms with Gasteiger partial charge in [0, 0.05) is 66.4 Å². The molecule has 0 radical (unpaired) electrons. The molecule has 2 N–H and O–H groups in total. The van der Waals surface area contributed by atoms with Crippen molar-refractivity contribution in [2.45, 2.75) is 18.8 Å². The number of halogens is 1. The highest BCUT2D eigenvalue weighted by Crippen LogP contribution is 2.35. The van der Waals surface area contributed by atoms with Gasteiger partial charge in [0.25, 0.3) is 5.69 Å². The van der Waals surface area contributed by atoms with Crippen molar-refractivity contribution in [1.82, 2.24) is 15.3 Å². The number of rotatable bonds is 8. The van der Waals surface area contributed by atoms with E-state index in [4.69, 9.17) is 0 Å². The Morgan fingerprint density at radius 3 is 2.69 bits per heavy atom. The zero-order valence-corrected chi connectivity index (χ0v) is 17.1. The van der Waals surface area contributed by atoms with Crippen LogP contribution in [0.5, 0.6) is 0 Å². The third-order valence-corrected chi connectivity index (χ3v) is 5.37. The molecular formula is C24H21FN4O3. The summed E-state index contributed by atoms with van der Waals surface area (Å²) in [5.74, 6) is -0.946. The molecule has 0 saturated carbocycles. The minimum atomic E-state index is -0.451. The summed E-state index contributed by atoms with van der Waals surface area (Å²) in [4.78, 5) is 30.9. The maximum Gasteiger partial charge on any atom is 0.270 e. The zero-order valence-electron chi connectivity index (χ0n) is 17.1. The lowest BCUT2D eigenvalue weighted by molar-refractivity contribution is -0.384. The highest BCUT2D eigenvalue weighted by atomic mass is 19.1. The van der Waals surface area contributed by atoms with Crippen LogP contribution < -0.4 is 5.32 Å². The summed E-state index contributed by atoms with van der Waals surface area (Å²) in [6.07, 6.45) is 4.18. The van der Waals surface area contributed by atoms with Crippen LogP contribution in [-0.4, -0.2) is 27.3 Å². The number of H-pyrrole nitrogens is 1. The largest absolute Gasteiger partial charge is 0.361 e. The van der Waals surface area contributed by atoms with Gasteiger partial charge >= 0.3 is 0 Å². The van der Waals surface area contributed by atoms with E-state index in [1.807, 2.05) is 18.2 Å². The summed E-state index contributed by atoms with van der Waals surface area (Å²) in [6.45, 7) is 0.436. The Hall–Kier alpha value is -4.07. The van der Waals surface area contributed by atoms with Gasteiger partial charge in [0.15, 0.2) is 0 Å². The number of fused-ring (bicyclic) bond motifs is 1. The molecule has 2 heterocycles. The molecule has 2 aromatic heterocycles. The van der Waals surface area contributed by atoms with E-state index in [0.29, 0.717) is 18.4 Å². The molecule has 1 atom stereocenters. The molecule has 2 aromatic carbocycles. The van der Waals surface area contributed by atoms with Crippen molar-refractivity contribution in [2.24, 2.45) is 0 Å². The third kappa shape index (κ3) is 4.80. The van der Waals surface area contributed by atoms with E-state index in [2.05, 4.69) is 15.3 Å². The molecule has 32 heavy (non-hydrogen) atoms. The van der Waals surface area contributed by atoms with Gasteiger partial charge in [-0.15, -0.1) is 0 Å². The maximum atomic E-state index is 13.5. The number of nitrogens with zero attached hydrogens (tertiary/aromatic N) is 2.